The Labute approximate surface area is 204 Å². The summed E-state index contributed by atoms with van der Waals surface area (Å²) in [5.74, 6) is -1.73. The Bertz CT molecular complexity index is 964. The van der Waals surface area contributed by atoms with Crippen LogP contribution in [0.2, 0.25) is 0 Å². The predicted molar refractivity (Wildman–Crippen MR) is 129 cm³/mol. The van der Waals surface area contributed by atoms with E-state index in [4.69, 9.17) is 0 Å². The van der Waals surface area contributed by atoms with E-state index in [9.17, 15) is 23.5 Å². The second-order valence-electron chi connectivity index (χ2n) is 9.14. The highest BCUT2D eigenvalue weighted by Crippen LogP contribution is 2.23. The Kier molecular flexibility index (Phi) is 10.2. The van der Waals surface area contributed by atoms with E-state index in [1.165, 1.54) is 6.42 Å². The third kappa shape index (κ3) is 8.40. The summed E-state index contributed by atoms with van der Waals surface area (Å²) < 4.78 is 28.6. The standard InChI is InChI=1S/C25H35F2N5O3/c1-2-5-22(30-24(34)12-17-10-19(26)13-20(27)11-17)25(35)31-23-14-32(16-29-23)9-8-28-21-7-4-3-6-18(21)15-33/h10-11,13-14,16,18,21-22,28,33H,2-9,12,15H2,1H3,(H,30,34)(H,31,35)/t18-,21-,22+/m1/s1. The normalized spacial score (nSPS) is 18.7. The highest BCUT2D eigenvalue weighted by Gasteiger charge is 2.24. The molecule has 0 bridgehead atoms. The summed E-state index contributed by atoms with van der Waals surface area (Å²) in [6.45, 7) is 3.48. The minimum Gasteiger partial charge on any atom is -0.396 e. The molecule has 8 nitrogen and oxygen atoms in total. The summed E-state index contributed by atoms with van der Waals surface area (Å²) >= 11 is 0. The number of carbonyl (C=O) groups is 2. The Morgan fingerprint density at radius 2 is 1.94 bits per heavy atom. The molecule has 0 spiro atoms. The van der Waals surface area contributed by atoms with Gasteiger partial charge in [-0.05, 0) is 42.9 Å². The van der Waals surface area contributed by atoms with E-state index in [1.807, 2.05) is 11.5 Å². The SMILES string of the molecule is CCC[C@H](NC(=O)Cc1cc(F)cc(F)c1)C(=O)Nc1cn(CCN[C@@H]2CCCC[C@@H]2CO)cn1. The molecule has 3 rings (SSSR count). The van der Waals surface area contributed by atoms with Crippen LogP contribution in [0.25, 0.3) is 0 Å². The van der Waals surface area contributed by atoms with Gasteiger partial charge < -0.3 is 25.6 Å². The molecule has 2 amide bonds. The summed E-state index contributed by atoms with van der Waals surface area (Å²) in [5, 5.41) is 18.4. The first-order valence-electron chi connectivity index (χ1n) is 12.3. The lowest BCUT2D eigenvalue weighted by atomic mass is 9.85. The maximum absolute atomic E-state index is 13.4. The number of carbonyl (C=O) groups excluding carboxylic acids is 2. The number of aromatic nitrogens is 2. The van der Waals surface area contributed by atoms with Gasteiger partial charge in [0.1, 0.15) is 17.7 Å². The largest absolute Gasteiger partial charge is 0.396 e. The van der Waals surface area contributed by atoms with Crippen LogP contribution in [0.15, 0.2) is 30.7 Å². The number of hydrogen-bond donors (Lipinski definition) is 4. The fraction of sp³-hybridized carbons (Fsp3) is 0.560. The Hall–Kier alpha value is -2.85. The summed E-state index contributed by atoms with van der Waals surface area (Å²) in [7, 11) is 0. The van der Waals surface area contributed by atoms with E-state index >= 15 is 0 Å². The van der Waals surface area contributed by atoms with Crippen LogP contribution in [0.3, 0.4) is 0 Å². The highest BCUT2D eigenvalue weighted by atomic mass is 19.1. The quantitative estimate of drug-likeness (QED) is 0.365. The van der Waals surface area contributed by atoms with Gasteiger partial charge in [0, 0.05) is 38.0 Å². The average Bonchev–Trinajstić information content (AvgIpc) is 3.25. The van der Waals surface area contributed by atoms with Crippen molar-refractivity contribution in [1.29, 1.82) is 0 Å². The van der Waals surface area contributed by atoms with Crippen LogP contribution in [0.4, 0.5) is 14.6 Å². The molecule has 1 fully saturated rings. The molecule has 1 aromatic heterocycles. The van der Waals surface area contributed by atoms with E-state index < -0.39 is 29.5 Å². The van der Waals surface area contributed by atoms with Crippen molar-refractivity contribution >= 4 is 17.6 Å². The molecule has 0 saturated heterocycles. The number of amides is 2. The smallest absolute Gasteiger partial charge is 0.248 e. The Balaban J connectivity index is 1.48. The molecular weight excluding hydrogens is 456 g/mol. The molecule has 3 atom stereocenters. The molecule has 4 N–H and O–H groups in total. The van der Waals surface area contributed by atoms with Crippen molar-refractivity contribution in [2.75, 3.05) is 18.5 Å². The van der Waals surface area contributed by atoms with Gasteiger partial charge in [0.2, 0.25) is 11.8 Å². The summed E-state index contributed by atoms with van der Waals surface area (Å²) in [4.78, 5) is 29.4. The number of aliphatic hydroxyl groups excluding tert-OH is 1. The summed E-state index contributed by atoms with van der Waals surface area (Å²) in [5.41, 5.74) is 0.196. The zero-order chi connectivity index (χ0) is 25.2. The van der Waals surface area contributed by atoms with Gasteiger partial charge in [0.25, 0.3) is 0 Å². The van der Waals surface area contributed by atoms with Gasteiger partial charge in [0.15, 0.2) is 5.82 Å². The van der Waals surface area contributed by atoms with Crippen LogP contribution in [0.5, 0.6) is 0 Å². The van der Waals surface area contributed by atoms with Crippen LogP contribution in [-0.2, 0) is 22.6 Å². The van der Waals surface area contributed by atoms with Crippen LogP contribution in [0, 0.1) is 17.6 Å². The molecule has 1 aromatic carbocycles. The van der Waals surface area contributed by atoms with Gasteiger partial charge in [-0.15, -0.1) is 0 Å². The van der Waals surface area contributed by atoms with Crippen molar-refractivity contribution in [2.24, 2.45) is 5.92 Å². The number of imidazole rings is 1. The first kappa shape index (κ1) is 26.7. The van der Waals surface area contributed by atoms with E-state index in [0.717, 1.165) is 44.0 Å². The fourth-order valence-electron chi connectivity index (χ4n) is 4.54. The molecule has 0 unspecified atom stereocenters. The van der Waals surface area contributed by atoms with Crippen LogP contribution in [-0.4, -0.2) is 51.7 Å². The number of rotatable bonds is 12. The average molecular weight is 492 g/mol. The van der Waals surface area contributed by atoms with Crippen molar-refractivity contribution < 1.29 is 23.5 Å². The van der Waals surface area contributed by atoms with Gasteiger partial charge >= 0.3 is 0 Å². The van der Waals surface area contributed by atoms with E-state index in [0.29, 0.717) is 37.2 Å². The lowest BCUT2D eigenvalue weighted by molar-refractivity contribution is -0.126. The number of aliphatic hydroxyl groups is 1. The van der Waals surface area contributed by atoms with Crippen molar-refractivity contribution in [3.05, 3.63) is 47.9 Å². The molecule has 1 saturated carbocycles. The molecule has 1 aliphatic carbocycles. The van der Waals surface area contributed by atoms with Gasteiger partial charge in [-0.1, -0.05) is 26.2 Å². The van der Waals surface area contributed by atoms with Crippen molar-refractivity contribution in [2.45, 2.75) is 70.5 Å². The Morgan fingerprint density at radius 3 is 2.66 bits per heavy atom. The zero-order valence-electron chi connectivity index (χ0n) is 20.1. The summed E-state index contributed by atoms with van der Waals surface area (Å²) in [6.07, 6.45) is 8.63. The third-order valence-electron chi connectivity index (χ3n) is 6.32. The molecule has 1 heterocycles. The number of hydrogen-bond acceptors (Lipinski definition) is 5. The molecule has 10 heteroatoms. The molecular formula is C25H35F2N5O3. The first-order valence-corrected chi connectivity index (χ1v) is 12.3. The minimum atomic E-state index is -0.792. The van der Waals surface area contributed by atoms with Crippen LogP contribution >= 0.6 is 0 Å². The van der Waals surface area contributed by atoms with Crippen molar-refractivity contribution in [3.8, 4) is 0 Å². The first-order chi connectivity index (χ1) is 16.9. The second kappa shape index (κ2) is 13.3. The fourth-order valence-corrected chi connectivity index (χ4v) is 4.54. The molecule has 1 aliphatic rings. The molecule has 0 radical (unpaired) electrons. The van der Waals surface area contributed by atoms with Gasteiger partial charge in [-0.2, -0.15) is 0 Å². The lowest BCUT2D eigenvalue weighted by Crippen LogP contribution is -2.44. The van der Waals surface area contributed by atoms with E-state index in [1.54, 1.807) is 12.5 Å². The third-order valence-corrected chi connectivity index (χ3v) is 6.32. The van der Waals surface area contributed by atoms with Gasteiger partial charge in [-0.3, -0.25) is 9.59 Å². The highest BCUT2D eigenvalue weighted by molar-refractivity contribution is 5.96. The molecule has 0 aliphatic heterocycles. The number of benzene rings is 1. The van der Waals surface area contributed by atoms with Crippen LogP contribution < -0.4 is 16.0 Å². The van der Waals surface area contributed by atoms with Gasteiger partial charge in [-0.25, -0.2) is 13.8 Å². The predicted octanol–water partition coefficient (Wildman–Crippen LogP) is 2.77. The zero-order valence-corrected chi connectivity index (χ0v) is 20.1. The van der Waals surface area contributed by atoms with E-state index in [2.05, 4.69) is 20.9 Å². The minimum absolute atomic E-state index is 0.196. The lowest BCUT2D eigenvalue weighted by Gasteiger charge is -2.31. The Morgan fingerprint density at radius 1 is 1.20 bits per heavy atom. The topological polar surface area (TPSA) is 108 Å². The van der Waals surface area contributed by atoms with E-state index in [-0.39, 0.29) is 18.6 Å². The molecule has 192 valence electrons. The maximum atomic E-state index is 13.4. The molecule has 35 heavy (non-hydrogen) atoms. The maximum Gasteiger partial charge on any atom is 0.248 e. The number of nitrogens with zero attached hydrogens (tertiary/aromatic N) is 2. The number of halogens is 2. The van der Waals surface area contributed by atoms with Gasteiger partial charge in [0.05, 0.1) is 12.7 Å². The summed E-state index contributed by atoms with van der Waals surface area (Å²) in [6, 6.07) is 2.46. The van der Waals surface area contributed by atoms with Crippen LogP contribution in [0.1, 0.15) is 51.0 Å². The van der Waals surface area contributed by atoms with Crippen molar-refractivity contribution in [1.82, 2.24) is 20.2 Å². The number of anilines is 1. The monoisotopic (exact) mass is 491 g/mol. The second-order valence-corrected chi connectivity index (χ2v) is 9.14. The van der Waals surface area contributed by atoms with Crippen molar-refractivity contribution in [3.63, 3.8) is 0 Å². The number of nitrogens with one attached hydrogen (secondary N) is 3. The molecule has 2 aromatic rings.